The highest BCUT2D eigenvalue weighted by molar-refractivity contribution is 9.10. The molecule has 2 rings (SSSR count). The topological polar surface area (TPSA) is 98.0 Å². The van der Waals surface area contributed by atoms with Gasteiger partial charge in [0.25, 0.3) is 10.0 Å². The zero-order valence-electron chi connectivity index (χ0n) is 10.3. The number of anilines is 2. The highest BCUT2D eigenvalue weighted by Crippen LogP contribution is 2.22. The molecule has 0 aliphatic carbocycles. The molecule has 0 radical (unpaired) electrons. The van der Waals surface area contributed by atoms with Crippen LogP contribution in [0.25, 0.3) is 0 Å². The first-order valence-corrected chi connectivity index (χ1v) is 8.02. The van der Waals surface area contributed by atoms with Crippen molar-refractivity contribution in [1.29, 1.82) is 0 Å². The summed E-state index contributed by atoms with van der Waals surface area (Å²) >= 11 is 9.06. The Hall–Kier alpha value is -1.38. The van der Waals surface area contributed by atoms with Crippen LogP contribution in [0.3, 0.4) is 0 Å². The summed E-state index contributed by atoms with van der Waals surface area (Å²) in [4.78, 5) is 7.74. The molecule has 0 atom stereocenters. The molecule has 20 heavy (non-hydrogen) atoms. The first kappa shape index (κ1) is 15.0. The number of halogens is 2. The maximum atomic E-state index is 12.2. The molecule has 2 heterocycles. The molecule has 0 saturated carbocycles. The standard InChI is InChI=1S/C11H10BrClN4O2S/c1-6-8(12)2-3-10(16-6)17-20(18,19)7-4-9(13)11(14)15-5-7/h2-5H,1H3,(H2,14,15)(H,16,17). The van der Waals surface area contributed by atoms with Crippen LogP contribution in [-0.4, -0.2) is 18.4 Å². The van der Waals surface area contributed by atoms with Crippen LogP contribution in [0.2, 0.25) is 5.02 Å². The number of hydrogen-bond acceptors (Lipinski definition) is 5. The van der Waals surface area contributed by atoms with E-state index in [0.717, 1.165) is 10.7 Å². The van der Waals surface area contributed by atoms with E-state index in [9.17, 15) is 8.42 Å². The van der Waals surface area contributed by atoms with E-state index in [1.54, 1.807) is 19.1 Å². The lowest BCUT2D eigenvalue weighted by molar-refractivity contribution is 0.600. The van der Waals surface area contributed by atoms with Gasteiger partial charge in [0.15, 0.2) is 0 Å². The van der Waals surface area contributed by atoms with E-state index >= 15 is 0 Å². The minimum atomic E-state index is -3.81. The van der Waals surface area contributed by atoms with Crippen molar-refractivity contribution in [3.63, 3.8) is 0 Å². The van der Waals surface area contributed by atoms with Gasteiger partial charge in [-0.3, -0.25) is 4.72 Å². The summed E-state index contributed by atoms with van der Waals surface area (Å²) in [5.41, 5.74) is 6.11. The molecule has 2 aromatic heterocycles. The molecule has 0 aliphatic rings. The molecule has 0 aliphatic heterocycles. The number of nitrogens with zero attached hydrogens (tertiary/aromatic N) is 2. The van der Waals surface area contributed by atoms with Crippen molar-refractivity contribution in [1.82, 2.24) is 9.97 Å². The molecule has 0 fully saturated rings. The molecule has 6 nitrogen and oxygen atoms in total. The highest BCUT2D eigenvalue weighted by atomic mass is 79.9. The van der Waals surface area contributed by atoms with Crippen molar-refractivity contribution in [2.24, 2.45) is 0 Å². The number of pyridine rings is 2. The lowest BCUT2D eigenvalue weighted by atomic mass is 10.4. The fraction of sp³-hybridized carbons (Fsp3) is 0.0909. The quantitative estimate of drug-likeness (QED) is 0.856. The molecule has 9 heteroatoms. The molecule has 2 aromatic rings. The number of hydrogen-bond donors (Lipinski definition) is 2. The summed E-state index contributed by atoms with van der Waals surface area (Å²) in [6.45, 7) is 1.75. The maximum Gasteiger partial charge on any atom is 0.264 e. The van der Waals surface area contributed by atoms with Gasteiger partial charge in [-0.2, -0.15) is 0 Å². The van der Waals surface area contributed by atoms with Crippen molar-refractivity contribution >= 4 is 49.2 Å². The van der Waals surface area contributed by atoms with E-state index in [2.05, 4.69) is 30.6 Å². The lowest BCUT2D eigenvalue weighted by Gasteiger charge is -2.09. The third kappa shape index (κ3) is 3.20. The molecule has 0 unspecified atom stereocenters. The van der Waals surface area contributed by atoms with Crippen LogP contribution in [0.4, 0.5) is 11.6 Å². The van der Waals surface area contributed by atoms with Gasteiger partial charge in [0.1, 0.15) is 16.5 Å². The number of aromatic nitrogens is 2. The predicted octanol–water partition coefficient (Wildman–Crippen LogP) is 2.58. The van der Waals surface area contributed by atoms with Gasteiger partial charge in [0, 0.05) is 10.7 Å². The van der Waals surface area contributed by atoms with Crippen molar-refractivity contribution in [3.8, 4) is 0 Å². The smallest absolute Gasteiger partial charge is 0.264 e. The Morgan fingerprint density at radius 2 is 2.10 bits per heavy atom. The average Bonchev–Trinajstić information content (AvgIpc) is 2.37. The zero-order chi connectivity index (χ0) is 14.9. The molecule has 0 spiro atoms. The van der Waals surface area contributed by atoms with Gasteiger partial charge in [-0.05, 0) is 41.1 Å². The Morgan fingerprint density at radius 3 is 2.70 bits per heavy atom. The largest absolute Gasteiger partial charge is 0.382 e. The summed E-state index contributed by atoms with van der Waals surface area (Å²) in [5, 5.41) is 0.0767. The summed E-state index contributed by atoms with van der Waals surface area (Å²) in [6, 6.07) is 4.48. The summed E-state index contributed by atoms with van der Waals surface area (Å²) in [7, 11) is -3.81. The van der Waals surface area contributed by atoms with Gasteiger partial charge >= 0.3 is 0 Å². The van der Waals surface area contributed by atoms with Gasteiger partial charge in [0.05, 0.1) is 10.7 Å². The Kier molecular flexibility index (Phi) is 4.17. The molecule has 3 N–H and O–H groups in total. The number of rotatable bonds is 3. The van der Waals surface area contributed by atoms with Gasteiger partial charge in [-0.1, -0.05) is 11.6 Å². The fourth-order valence-corrected chi connectivity index (χ4v) is 2.80. The normalized spacial score (nSPS) is 11.3. The molecule has 0 aromatic carbocycles. The van der Waals surface area contributed by atoms with E-state index in [1.807, 2.05) is 0 Å². The lowest BCUT2D eigenvalue weighted by Crippen LogP contribution is -2.14. The molecular weight excluding hydrogens is 368 g/mol. The van der Waals surface area contributed by atoms with Crippen molar-refractivity contribution in [2.45, 2.75) is 11.8 Å². The molecule has 0 saturated heterocycles. The van der Waals surface area contributed by atoms with Crippen LogP contribution in [0.15, 0.2) is 33.8 Å². The Labute approximate surface area is 129 Å². The van der Waals surface area contributed by atoms with Crippen LogP contribution in [0.5, 0.6) is 0 Å². The number of nitrogen functional groups attached to an aromatic ring is 1. The number of aryl methyl sites for hydroxylation is 1. The zero-order valence-corrected chi connectivity index (χ0v) is 13.4. The second kappa shape index (κ2) is 5.55. The van der Waals surface area contributed by atoms with Gasteiger partial charge in [0.2, 0.25) is 0 Å². The molecular formula is C11H10BrClN4O2S. The van der Waals surface area contributed by atoms with Gasteiger partial charge in [-0.15, -0.1) is 0 Å². The summed E-state index contributed by atoms with van der Waals surface area (Å²) in [5.74, 6) is 0.280. The van der Waals surface area contributed by atoms with Crippen molar-refractivity contribution < 1.29 is 8.42 Å². The summed E-state index contributed by atoms with van der Waals surface area (Å²) < 4.78 is 27.5. The van der Waals surface area contributed by atoms with Crippen LogP contribution in [0.1, 0.15) is 5.69 Å². The Bertz CT molecular complexity index is 767. The van der Waals surface area contributed by atoms with E-state index < -0.39 is 10.0 Å². The predicted molar refractivity (Wildman–Crippen MR) is 81.1 cm³/mol. The number of nitrogens with two attached hydrogens (primary N) is 1. The Balaban J connectivity index is 2.35. The maximum absolute atomic E-state index is 12.2. The second-order valence-corrected chi connectivity index (χ2v) is 6.85. The molecule has 106 valence electrons. The summed E-state index contributed by atoms with van der Waals surface area (Å²) in [6.07, 6.45) is 1.13. The minimum absolute atomic E-state index is 0.0724. The van der Waals surface area contributed by atoms with Crippen LogP contribution >= 0.6 is 27.5 Å². The SMILES string of the molecule is Cc1nc(NS(=O)(=O)c2cnc(N)c(Cl)c2)ccc1Br. The first-order valence-electron chi connectivity index (χ1n) is 5.36. The Morgan fingerprint density at radius 1 is 1.40 bits per heavy atom. The van der Waals surface area contributed by atoms with Crippen LogP contribution in [0, 0.1) is 6.92 Å². The fourth-order valence-electron chi connectivity index (χ4n) is 1.38. The van der Waals surface area contributed by atoms with E-state index in [-0.39, 0.29) is 21.6 Å². The van der Waals surface area contributed by atoms with E-state index in [4.69, 9.17) is 17.3 Å². The first-order chi connectivity index (χ1) is 9.29. The third-order valence-electron chi connectivity index (χ3n) is 2.42. The van der Waals surface area contributed by atoms with Crippen molar-refractivity contribution in [2.75, 3.05) is 10.5 Å². The van der Waals surface area contributed by atoms with E-state index in [0.29, 0.717) is 5.69 Å². The molecule has 0 bridgehead atoms. The van der Waals surface area contributed by atoms with Gasteiger partial charge in [-0.25, -0.2) is 18.4 Å². The minimum Gasteiger partial charge on any atom is -0.382 e. The average molecular weight is 378 g/mol. The van der Waals surface area contributed by atoms with E-state index in [1.165, 1.54) is 6.07 Å². The van der Waals surface area contributed by atoms with Gasteiger partial charge < -0.3 is 5.73 Å². The number of sulfonamides is 1. The van der Waals surface area contributed by atoms with Crippen LogP contribution < -0.4 is 10.5 Å². The highest BCUT2D eigenvalue weighted by Gasteiger charge is 2.17. The number of nitrogens with one attached hydrogen (secondary N) is 1. The van der Waals surface area contributed by atoms with Crippen LogP contribution in [-0.2, 0) is 10.0 Å². The second-order valence-electron chi connectivity index (χ2n) is 3.91. The molecule has 0 amide bonds. The third-order valence-corrected chi connectivity index (χ3v) is 4.88. The monoisotopic (exact) mass is 376 g/mol. The van der Waals surface area contributed by atoms with Crippen molar-refractivity contribution in [3.05, 3.63) is 39.6 Å².